The Kier molecular flexibility index (Phi) is 6.11. The lowest BCUT2D eigenvalue weighted by atomic mass is 10.2. The number of carbonyl (C=O) groups excluding carboxylic acids is 1. The molecule has 0 N–H and O–H groups in total. The Morgan fingerprint density at radius 3 is 2.88 bits per heavy atom. The number of hydrogen-bond acceptors (Lipinski definition) is 4. The number of likely N-dealkylation sites (N-methyl/N-ethyl adjacent to an activating group) is 1. The first-order valence-corrected chi connectivity index (χ1v) is 6.59. The van der Waals surface area contributed by atoms with Crippen LogP contribution in [0.25, 0.3) is 0 Å². The summed E-state index contributed by atoms with van der Waals surface area (Å²) >= 11 is 1.71. The molecule has 0 aliphatic carbocycles. The molecule has 3 nitrogen and oxygen atoms in total. The van der Waals surface area contributed by atoms with Crippen LogP contribution in [0.1, 0.15) is 19.4 Å². The molecule has 4 heteroatoms. The van der Waals surface area contributed by atoms with Crippen molar-refractivity contribution < 1.29 is 9.53 Å². The minimum absolute atomic E-state index is 0.130. The van der Waals surface area contributed by atoms with Gasteiger partial charge in [-0.05, 0) is 42.3 Å². The molecule has 0 atom stereocenters. The van der Waals surface area contributed by atoms with Gasteiger partial charge >= 0.3 is 5.97 Å². The molecule has 1 heterocycles. The molecule has 0 saturated heterocycles. The summed E-state index contributed by atoms with van der Waals surface area (Å²) in [4.78, 5) is 13.4. The van der Waals surface area contributed by atoms with E-state index in [9.17, 15) is 4.79 Å². The number of rotatable bonds is 7. The third kappa shape index (κ3) is 4.77. The summed E-state index contributed by atoms with van der Waals surface area (Å²) in [7, 11) is 0. The molecule has 1 aromatic heterocycles. The number of esters is 1. The molecule has 0 bridgehead atoms. The van der Waals surface area contributed by atoms with Crippen LogP contribution in [-0.4, -0.2) is 37.1 Å². The maximum absolute atomic E-state index is 11.3. The molecule has 90 valence electrons. The quantitative estimate of drug-likeness (QED) is 0.685. The molecule has 1 aromatic rings. The van der Waals surface area contributed by atoms with Gasteiger partial charge in [0, 0.05) is 6.54 Å². The molecule has 0 amide bonds. The standard InChI is InChI=1S/C12H19NO2S/c1-3-13(9-12(14)15-4-2)7-5-11-6-8-16-10-11/h6,8,10H,3-5,7,9H2,1-2H3. The van der Waals surface area contributed by atoms with Crippen LogP contribution >= 0.6 is 11.3 Å². The average molecular weight is 241 g/mol. The number of hydrogen-bond donors (Lipinski definition) is 0. The van der Waals surface area contributed by atoms with E-state index < -0.39 is 0 Å². The summed E-state index contributed by atoms with van der Waals surface area (Å²) in [6.07, 6.45) is 0.997. The maximum Gasteiger partial charge on any atom is 0.320 e. The first-order chi connectivity index (χ1) is 7.76. The summed E-state index contributed by atoms with van der Waals surface area (Å²) in [6, 6.07) is 2.13. The van der Waals surface area contributed by atoms with Crippen molar-refractivity contribution in [2.45, 2.75) is 20.3 Å². The van der Waals surface area contributed by atoms with Gasteiger partial charge in [-0.2, -0.15) is 11.3 Å². The van der Waals surface area contributed by atoms with E-state index in [0.29, 0.717) is 13.2 Å². The Hall–Kier alpha value is -0.870. The molecule has 1 rings (SSSR count). The van der Waals surface area contributed by atoms with Gasteiger partial charge in [0.1, 0.15) is 0 Å². The fourth-order valence-corrected chi connectivity index (χ4v) is 2.16. The van der Waals surface area contributed by atoms with Gasteiger partial charge < -0.3 is 4.74 Å². The van der Waals surface area contributed by atoms with E-state index in [1.807, 2.05) is 6.92 Å². The largest absolute Gasteiger partial charge is 0.465 e. The fraction of sp³-hybridized carbons (Fsp3) is 0.583. The maximum atomic E-state index is 11.3. The minimum atomic E-state index is -0.130. The van der Waals surface area contributed by atoms with Gasteiger partial charge in [-0.25, -0.2) is 0 Å². The van der Waals surface area contributed by atoms with Gasteiger partial charge in [0.15, 0.2) is 0 Å². The van der Waals surface area contributed by atoms with Crippen molar-refractivity contribution in [1.82, 2.24) is 4.90 Å². The normalized spacial score (nSPS) is 10.7. The predicted octanol–water partition coefficient (Wildman–Crippen LogP) is 2.18. The SMILES string of the molecule is CCOC(=O)CN(CC)CCc1ccsc1. The highest BCUT2D eigenvalue weighted by Crippen LogP contribution is 2.07. The Morgan fingerprint density at radius 1 is 1.50 bits per heavy atom. The molecule has 0 radical (unpaired) electrons. The number of nitrogens with zero attached hydrogens (tertiary/aromatic N) is 1. The zero-order valence-corrected chi connectivity index (χ0v) is 10.8. The average Bonchev–Trinajstić information content (AvgIpc) is 2.77. The monoisotopic (exact) mass is 241 g/mol. The Balaban J connectivity index is 2.29. The first-order valence-electron chi connectivity index (χ1n) is 5.65. The molecule has 0 saturated carbocycles. The van der Waals surface area contributed by atoms with Gasteiger partial charge in [0.05, 0.1) is 13.2 Å². The molecule has 0 aromatic carbocycles. The van der Waals surface area contributed by atoms with Crippen LogP contribution in [-0.2, 0) is 16.0 Å². The molecule has 0 aliphatic heterocycles. The molecule has 0 fully saturated rings. The van der Waals surface area contributed by atoms with Gasteiger partial charge in [-0.1, -0.05) is 6.92 Å². The van der Waals surface area contributed by atoms with E-state index in [4.69, 9.17) is 4.74 Å². The van der Waals surface area contributed by atoms with Crippen LogP contribution in [0.5, 0.6) is 0 Å². The topological polar surface area (TPSA) is 29.5 Å². The Labute approximate surface area is 101 Å². The second-order valence-corrected chi connectivity index (χ2v) is 4.34. The summed E-state index contributed by atoms with van der Waals surface area (Å²) < 4.78 is 4.93. The van der Waals surface area contributed by atoms with Crippen molar-refractivity contribution in [2.75, 3.05) is 26.2 Å². The van der Waals surface area contributed by atoms with Gasteiger partial charge in [-0.15, -0.1) is 0 Å². The molecule has 0 spiro atoms. The van der Waals surface area contributed by atoms with Gasteiger partial charge in [-0.3, -0.25) is 9.69 Å². The van der Waals surface area contributed by atoms with Gasteiger partial charge in [0.2, 0.25) is 0 Å². The van der Waals surface area contributed by atoms with Crippen LogP contribution < -0.4 is 0 Å². The summed E-state index contributed by atoms with van der Waals surface area (Å²) in [5, 5.41) is 4.23. The lowest BCUT2D eigenvalue weighted by molar-refractivity contribution is -0.144. The molecule has 0 aliphatic rings. The number of carbonyl (C=O) groups is 1. The van der Waals surface area contributed by atoms with Crippen molar-refractivity contribution >= 4 is 17.3 Å². The van der Waals surface area contributed by atoms with Crippen LogP contribution in [0, 0.1) is 0 Å². The summed E-state index contributed by atoms with van der Waals surface area (Å²) in [5.41, 5.74) is 1.34. The van der Waals surface area contributed by atoms with E-state index in [-0.39, 0.29) is 5.97 Å². The molecule has 16 heavy (non-hydrogen) atoms. The first kappa shape index (κ1) is 13.2. The number of ether oxygens (including phenoxy) is 1. The highest BCUT2D eigenvalue weighted by atomic mass is 32.1. The number of thiophene rings is 1. The van der Waals surface area contributed by atoms with Crippen molar-refractivity contribution in [2.24, 2.45) is 0 Å². The highest BCUT2D eigenvalue weighted by molar-refractivity contribution is 7.07. The third-order valence-electron chi connectivity index (χ3n) is 2.40. The van der Waals surface area contributed by atoms with E-state index in [2.05, 4.69) is 28.7 Å². The fourth-order valence-electron chi connectivity index (χ4n) is 1.46. The van der Waals surface area contributed by atoms with E-state index in [0.717, 1.165) is 19.5 Å². The zero-order chi connectivity index (χ0) is 11.8. The van der Waals surface area contributed by atoms with Crippen molar-refractivity contribution in [3.05, 3.63) is 22.4 Å². The summed E-state index contributed by atoms with van der Waals surface area (Å²) in [5.74, 6) is -0.130. The highest BCUT2D eigenvalue weighted by Gasteiger charge is 2.09. The molecular formula is C12H19NO2S. The zero-order valence-electron chi connectivity index (χ0n) is 9.94. The second-order valence-electron chi connectivity index (χ2n) is 3.56. The third-order valence-corrected chi connectivity index (χ3v) is 3.13. The van der Waals surface area contributed by atoms with Crippen LogP contribution in [0.3, 0.4) is 0 Å². The summed E-state index contributed by atoms with van der Waals surface area (Å²) in [6.45, 7) is 6.54. The molecular weight excluding hydrogens is 222 g/mol. The van der Waals surface area contributed by atoms with E-state index in [1.54, 1.807) is 11.3 Å². The Bertz CT molecular complexity index is 298. The van der Waals surface area contributed by atoms with E-state index in [1.165, 1.54) is 5.56 Å². The van der Waals surface area contributed by atoms with Crippen molar-refractivity contribution in [3.8, 4) is 0 Å². The Morgan fingerprint density at radius 2 is 2.31 bits per heavy atom. The van der Waals surface area contributed by atoms with Crippen molar-refractivity contribution in [3.63, 3.8) is 0 Å². The van der Waals surface area contributed by atoms with Crippen LogP contribution in [0.2, 0.25) is 0 Å². The van der Waals surface area contributed by atoms with E-state index >= 15 is 0 Å². The van der Waals surface area contributed by atoms with Crippen LogP contribution in [0.15, 0.2) is 16.8 Å². The van der Waals surface area contributed by atoms with Gasteiger partial charge in [0.25, 0.3) is 0 Å². The van der Waals surface area contributed by atoms with Crippen molar-refractivity contribution in [1.29, 1.82) is 0 Å². The predicted molar refractivity (Wildman–Crippen MR) is 66.8 cm³/mol. The second kappa shape index (κ2) is 7.41. The smallest absolute Gasteiger partial charge is 0.320 e. The lowest BCUT2D eigenvalue weighted by Crippen LogP contribution is -2.32. The minimum Gasteiger partial charge on any atom is -0.465 e. The molecule has 0 unspecified atom stereocenters. The van der Waals surface area contributed by atoms with Crippen LogP contribution in [0.4, 0.5) is 0 Å². The lowest BCUT2D eigenvalue weighted by Gasteiger charge is -2.18.